The fraction of sp³-hybridized carbons (Fsp3) is 0.287. The van der Waals surface area contributed by atoms with Crippen LogP contribution in [-0.4, -0.2) is 125 Å². The van der Waals surface area contributed by atoms with Crippen molar-refractivity contribution in [3.8, 4) is 55.6 Å². The van der Waals surface area contributed by atoms with Crippen LogP contribution in [0.5, 0.6) is 0 Å². The molecular weight excluding hydrogens is 1680 g/mol. The zero-order valence-corrected chi connectivity index (χ0v) is 82.5. The Kier molecular flexibility index (Phi) is 44.5. The number of ether oxygens (including phenoxy) is 3. The van der Waals surface area contributed by atoms with Crippen LogP contribution in [0.3, 0.4) is 0 Å². The molecule has 0 saturated carbocycles. The molecule has 2 aromatic heterocycles. The first-order chi connectivity index (χ1) is 62.3. The van der Waals surface area contributed by atoms with E-state index in [0.29, 0.717) is 71.1 Å². The van der Waals surface area contributed by atoms with E-state index in [1.807, 2.05) is 276 Å². The Bertz CT molecular complexity index is 5860. The molecule has 0 spiro atoms. The molecule has 0 fully saturated rings. The van der Waals surface area contributed by atoms with Crippen LogP contribution in [0, 0.1) is 58.3 Å². The van der Waals surface area contributed by atoms with Gasteiger partial charge in [-0.25, -0.2) is 19.2 Å². The van der Waals surface area contributed by atoms with Gasteiger partial charge in [0.25, 0.3) is 0 Å². The molecular formula is C108H125N10NaO14. The number of hydrogen-bond donors (Lipinski definition) is 4. The number of amides is 4. The fourth-order valence-electron chi connectivity index (χ4n) is 13.4. The number of nitrogen functional groups attached to an aromatic ring is 1. The SMILES string of the molecule is CC(N)c1cnccn1.CCN(C(=O)C(C)C)c1cc(C(=O)CC(C)c2cnccn2)cc(-c2ccc(C)cc2)c1.CCN(C(=O)C(C)C)c1cc(C(=O)O)cc(-c2ccc(C)cc2)c1.CCN(C(=O)C(C)C)c1cc(C(=O)OC)cc(-c2ccc(C)cc2)c1.COC(=O)c1cc(N)cc(-c2ccc(C)cc2)c1.COC(=O)c1cc(NC(=O)C(C)C)cc(-c2ccc(C)cc2)c1.[Na+].[OH-]. The second-order valence-corrected chi connectivity index (χ2v) is 33.0. The number of rotatable bonds is 25. The van der Waals surface area contributed by atoms with E-state index in [1.54, 1.807) is 100 Å². The Morgan fingerprint density at radius 1 is 0.368 bits per heavy atom. The molecule has 25 heteroatoms. The zero-order chi connectivity index (χ0) is 96.5. The van der Waals surface area contributed by atoms with Crippen LogP contribution in [0.15, 0.2) is 250 Å². The van der Waals surface area contributed by atoms with E-state index in [1.165, 1.54) is 38.0 Å². The number of anilines is 5. The van der Waals surface area contributed by atoms with E-state index in [4.69, 9.17) is 25.7 Å². The van der Waals surface area contributed by atoms with Crippen LogP contribution in [0.4, 0.5) is 28.4 Å². The van der Waals surface area contributed by atoms with Gasteiger partial charge in [-0.2, -0.15) is 0 Å². The number of nitrogens with zero attached hydrogens (tertiary/aromatic N) is 7. The number of aromatic nitrogens is 4. The second kappa shape index (κ2) is 53.7. The number of aryl methyl sites for hydroxylation is 5. The third-order valence-electron chi connectivity index (χ3n) is 21.0. The van der Waals surface area contributed by atoms with E-state index in [-0.39, 0.29) is 112 Å². The topological polar surface area (TPSA) is 357 Å². The molecule has 12 rings (SSSR count). The number of nitrogens with one attached hydrogen (secondary N) is 1. The van der Waals surface area contributed by atoms with Crippen molar-refractivity contribution in [2.24, 2.45) is 29.4 Å². The largest absolute Gasteiger partial charge is 1.00 e. The monoisotopic (exact) mass is 1810 g/mol. The number of Topliss-reactive ketones (excluding diaryl/α,β-unsaturated/α-hetero) is 1. The van der Waals surface area contributed by atoms with Crippen LogP contribution in [0.2, 0.25) is 0 Å². The molecule has 0 saturated heterocycles. The van der Waals surface area contributed by atoms with Gasteiger partial charge in [0.05, 0.1) is 55.0 Å². The fourth-order valence-corrected chi connectivity index (χ4v) is 13.4. The van der Waals surface area contributed by atoms with Crippen molar-refractivity contribution in [3.05, 3.63) is 317 Å². The first kappa shape index (κ1) is 110. The molecule has 2 atom stereocenters. The van der Waals surface area contributed by atoms with Gasteiger partial charge in [0, 0.05) is 133 Å². The average molecular weight is 1810 g/mol. The predicted octanol–water partition coefficient (Wildman–Crippen LogP) is 19.1. The van der Waals surface area contributed by atoms with Gasteiger partial charge >= 0.3 is 53.4 Å². The van der Waals surface area contributed by atoms with Gasteiger partial charge in [0.2, 0.25) is 23.6 Å². The Morgan fingerprint density at radius 2 is 0.662 bits per heavy atom. The van der Waals surface area contributed by atoms with Crippen molar-refractivity contribution in [2.45, 2.75) is 143 Å². The average Bonchev–Trinajstić information content (AvgIpc) is 0.812. The quantitative estimate of drug-likeness (QED) is 0.0136. The minimum Gasteiger partial charge on any atom is -0.870 e. The molecule has 692 valence electrons. The smallest absolute Gasteiger partial charge is 0.870 e. The van der Waals surface area contributed by atoms with Crippen molar-refractivity contribution in [2.75, 3.05) is 66.7 Å². The van der Waals surface area contributed by atoms with E-state index in [0.717, 1.165) is 83.8 Å². The van der Waals surface area contributed by atoms with Crippen molar-refractivity contribution < 1.29 is 97.5 Å². The molecule has 0 aliphatic heterocycles. The van der Waals surface area contributed by atoms with Crippen LogP contribution in [0.1, 0.15) is 199 Å². The van der Waals surface area contributed by atoms with Crippen LogP contribution >= 0.6 is 0 Å². The third-order valence-corrected chi connectivity index (χ3v) is 21.0. The summed E-state index contributed by atoms with van der Waals surface area (Å²) in [5.41, 5.74) is 33.4. The molecule has 24 nitrogen and oxygen atoms in total. The van der Waals surface area contributed by atoms with Gasteiger partial charge in [-0.3, -0.25) is 43.9 Å². The summed E-state index contributed by atoms with van der Waals surface area (Å²) in [5.74, 6) is -2.85. The summed E-state index contributed by atoms with van der Waals surface area (Å²) in [4.78, 5) is 131. The molecule has 7 N–H and O–H groups in total. The maximum Gasteiger partial charge on any atom is 1.00 e. The number of aromatic carboxylic acids is 1. The van der Waals surface area contributed by atoms with Crippen molar-refractivity contribution in [3.63, 3.8) is 0 Å². The predicted molar refractivity (Wildman–Crippen MR) is 526 cm³/mol. The van der Waals surface area contributed by atoms with E-state index in [9.17, 15) is 48.3 Å². The van der Waals surface area contributed by atoms with E-state index in [2.05, 4.69) is 37.4 Å². The van der Waals surface area contributed by atoms with Gasteiger partial charge in [0.15, 0.2) is 5.78 Å². The summed E-state index contributed by atoms with van der Waals surface area (Å²) in [7, 11) is 4.06. The van der Waals surface area contributed by atoms with Crippen molar-refractivity contribution in [1.82, 2.24) is 19.9 Å². The summed E-state index contributed by atoms with van der Waals surface area (Å²) < 4.78 is 14.4. The third kappa shape index (κ3) is 33.1. The van der Waals surface area contributed by atoms with Gasteiger partial charge in [-0.15, -0.1) is 0 Å². The molecule has 0 aliphatic rings. The number of ketones is 1. The number of carboxylic acid groups (broad SMARTS) is 1. The Balaban J connectivity index is 0.000000288. The maximum atomic E-state index is 13.3. The minimum atomic E-state index is -1.00. The number of methoxy groups -OCH3 is 3. The molecule has 12 aromatic rings. The van der Waals surface area contributed by atoms with Gasteiger partial charge in [-0.05, 0) is 209 Å². The summed E-state index contributed by atoms with van der Waals surface area (Å²) in [6, 6.07) is 67.0. The molecule has 0 radical (unpaired) electrons. The summed E-state index contributed by atoms with van der Waals surface area (Å²) >= 11 is 0. The standard InChI is InChI=1S/C27H31N3O2.C21H25NO3.C20H23NO3.C19H21NO3.C15H15NO2.C6H9N3.Na.H2O/c1-6-30(27(32)18(2)3)24-15-22(21-9-7-19(4)8-10-21)14-23(16-24)26(31)13-20(5)25-17-28-11-12-29-25;1-6-22(20(23)14(2)3)19-12-17(11-18(13-19)21(24)25-5)16-9-7-15(4)8-10-16;1-5-21(19(22)13(2)3)18-11-16(10-17(12-18)20(23)24)15-8-6-14(4)7-9-15;1-12(2)18(21)20-17-10-15(9-16(11-17)19(22)23-4)14-7-5-13(3)6-8-14;1-10-3-5-11(6-4-10)12-7-13(15(17)18-2)9-14(16)8-12;1-5(7)6-4-8-2-3-9-6;;/h7-12,14-18,20H,6,13H2,1-5H3;7-14H,6H2,1-5H3;6-13H,5H2,1-4H3,(H,23,24);5-12H,1-4H3,(H,20,21);3-9H,16H2,1-2H3;2-5H,7H2,1H3;;1H2/q;;;;;;+1;/p-1. The first-order valence-electron chi connectivity index (χ1n) is 43.7. The number of carbonyl (C=O) groups excluding carboxylic acids is 8. The van der Waals surface area contributed by atoms with Crippen LogP contribution in [-0.2, 0) is 33.4 Å². The van der Waals surface area contributed by atoms with E-state index < -0.39 is 17.9 Å². The number of carbonyl (C=O) groups is 9. The Morgan fingerprint density at radius 3 is 0.955 bits per heavy atom. The van der Waals surface area contributed by atoms with Gasteiger partial charge in [-0.1, -0.05) is 211 Å². The number of benzene rings is 10. The normalized spacial score (nSPS) is 10.9. The first-order valence-corrected chi connectivity index (χ1v) is 43.7. The summed E-state index contributed by atoms with van der Waals surface area (Å²) in [5, 5.41) is 12.3. The van der Waals surface area contributed by atoms with Crippen LogP contribution in [0.25, 0.3) is 55.6 Å². The minimum absolute atomic E-state index is 0. The summed E-state index contributed by atoms with van der Waals surface area (Å²) in [6.45, 7) is 36.2. The van der Waals surface area contributed by atoms with Crippen LogP contribution < -0.4 is 61.0 Å². The molecule has 10 aromatic carbocycles. The molecule has 133 heavy (non-hydrogen) atoms. The number of nitrogens with two attached hydrogens (primary N) is 2. The molecule has 4 amide bonds. The Hall–Kier alpha value is -13.5. The molecule has 2 unspecified atom stereocenters. The molecule has 2 heterocycles. The maximum absolute atomic E-state index is 13.3. The van der Waals surface area contributed by atoms with Crippen molar-refractivity contribution >= 4 is 81.7 Å². The number of hydrogen-bond acceptors (Lipinski definition) is 19. The number of carboxylic acids is 1. The summed E-state index contributed by atoms with van der Waals surface area (Å²) in [6.07, 6.45) is 10.2. The second-order valence-electron chi connectivity index (χ2n) is 33.0. The Labute approximate surface area is 805 Å². The molecule has 0 aliphatic carbocycles. The van der Waals surface area contributed by atoms with E-state index >= 15 is 0 Å². The van der Waals surface area contributed by atoms with Gasteiger partial charge in [0.1, 0.15) is 0 Å². The molecule has 0 bridgehead atoms. The van der Waals surface area contributed by atoms with Gasteiger partial charge < -0.3 is 56.3 Å². The zero-order valence-electron chi connectivity index (χ0n) is 80.5. The number of esters is 3. The van der Waals surface area contributed by atoms with Crippen molar-refractivity contribution in [1.29, 1.82) is 0 Å².